The Kier molecular flexibility index (Phi) is 46.3. The molecule has 0 radical (unpaired) electrons. The second-order valence-electron chi connectivity index (χ2n) is 7.82. The summed E-state index contributed by atoms with van der Waals surface area (Å²) in [7, 11) is -11.7. The fourth-order valence-corrected chi connectivity index (χ4v) is 13.6. The van der Waals surface area contributed by atoms with Crippen LogP contribution in [0.4, 0.5) is 34.5 Å². The molecule has 228 valence electrons. The molecule has 0 aliphatic rings. The second kappa shape index (κ2) is 33.0. The van der Waals surface area contributed by atoms with Gasteiger partial charge in [0.05, 0.1) is 73.9 Å². The maximum Gasteiger partial charge on any atom is 2.00 e. The summed E-state index contributed by atoms with van der Waals surface area (Å²) in [5.41, 5.74) is 0. The molecule has 0 fully saturated rings. The number of hydrogen-bond donors (Lipinski definition) is 0. The Morgan fingerprint density at radius 1 is 0.361 bits per heavy atom. The Balaban J connectivity index is -0.0000000881. The molecule has 0 unspecified atom stereocenters. The van der Waals surface area contributed by atoms with Gasteiger partial charge in [-0.25, -0.2) is 0 Å². The van der Waals surface area contributed by atoms with Crippen LogP contribution < -0.4 is 0 Å². The van der Waals surface area contributed by atoms with E-state index < -0.39 is 14.5 Å². The van der Waals surface area contributed by atoms with Gasteiger partial charge in [0.25, 0.3) is 0 Å². The van der Waals surface area contributed by atoms with Gasteiger partial charge in [-0.05, 0) is 55.4 Å². The zero-order valence-corrected chi connectivity index (χ0v) is 28.5. The molecule has 0 rings (SSSR count). The van der Waals surface area contributed by atoms with E-state index in [2.05, 4.69) is 55.4 Å². The molecule has 0 aliphatic heterocycles. The zero-order valence-electron chi connectivity index (χ0n) is 23.5. The third-order valence-corrected chi connectivity index (χ3v) is 18.5. The van der Waals surface area contributed by atoms with E-state index in [-0.39, 0.29) is 53.7 Å². The molecule has 16 heteroatoms. The Morgan fingerprint density at radius 2 is 0.444 bits per heavy atom. The van der Waals surface area contributed by atoms with Gasteiger partial charge in [-0.15, -0.1) is 0 Å². The van der Waals surface area contributed by atoms with Gasteiger partial charge < -0.3 is 40.0 Å². The van der Waals surface area contributed by atoms with Crippen LogP contribution in [0.15, 0.2) is 0 Å². The van der Waals surface area contributed by atoms with Gasteiger partial charge in [0.1, 0.15) is 0 Å². The van der Waals surface area contributed by atoms with Crippen LogP contribution in [0, 0.1) is 0 Å². The summed E-state index contributed by atoms with van der Waals surface area (Å²) in [5, 5.41) is 0. The van der Waals surface area contributed by atoms with E-state index in [0.29, 0.717) is 0 Å². The maximum absolute atomic E-state index is 9.75. The Morgan fingerprint density at radius 3 is 0.500 bits per heavy atom. The smallest absolute Gasteiger partial charge is 0.418 e. The van der Waals surface area contributed by atoms with Gasteiger partial charge in [0.15, 0.2) is 0 Å². The predicted molar refractivity (Wildman–Crippen MR) is 161 cm³/mol. The van der Waals surface area contributed by atoms with Crippen molar-refractivity contribution in [2.75, 3.05) is 73.9 Å². The molecule has 0 bridgehead atoms. The SMILES string of the molecule is CC[PH+](CC)CC[PH+](CC)CC.CC[PH+](CC)CC[PH+](CC)CC.F[B-](F)(F)F.F[B-](F)(F)F.O.[Ni+2]. The fraction of sp³-hybridized carbons (Fsp3) is 1.00. The predicted octanol–water partition coefficient (Wildman–Crippen LogP) is 8.76. The molecule has 0 saturated carbocycles. The third kappa shape index (κ3) is 56.1. The van der Waals surface area contributed by atoms with Crippen LogP contribution in [-0.2, 0) is 16.5 Å². The van der Waals surface area contributed by atoms with E-state index in [1.165, 1.54) is 49.3 Å². The van der Waals surface area contributed by atoms with Crippen molar-refractivity contribution in [1.82, 2.24) is 0 Å². The molecule has 0 aromatic heterocycles. The van der Waals surface area contributed by atoms with Crippen molar-refractivity contribution in [3.63, 3.8) is 0 Å². The topological polar surface area (TPSA) is 31.5 Å². The third-order valence-electron chi connectivity index (χ3n) is 5.66. The minimum absolute atomic E-state index is 0. The standard InChI is InChI=1S/2C10H24P2.2BF4.Ni.H2O/c2*1-5-11(6-2)9-10-12(7-3)8-4;2*2-1(3,4)5;;/h2*5-10H2,1-4H3;;;;1H2/q;;2*-1;+2;/p+4. The molecule has 2 N–H and O–H groups in total. The van der Waals surface area contributed by atoms with E-state index in [4.69, 9.17) is 0 Å². The molecule has 0 amide bonds. The van der Waals surface area contributed by atoms with Crippen molar-refractivity contribution in [3.8, 4) is 0 Å². The number of halogens is 8. The molecule has 36 heavy (non-hydrogen) atoms. The molecule has 0 spiro atoms. The quantitative estimate of drug-likeness (QED) is 0.101. The van der Waals surface area contributed by atoms with Crippen LogP contribution in [0.2, 0.25) is 0 Å². The normalized spacial score (nSPS) is 11.0. The van der Waals surface area contributed by atoms with Crippen LogP contribution >= 0.6 is 31.7 Å². The molecule has 0 aromatic carbocycles. The van der Waals surface area contributed by atoms with E-state index >= 15 is 0 Å². The number of hydrogen-bond acceptors (Lipinski definition) is 0. The monoisotopic (exact) mass is 666 g/mol. The average Bonchev–Trinajstić information content (AvgIpc) is 2.73. The summed E-state index contributed by atoms with van der Waals surface area (Å²) in [4.78, 5) is 0. The van der Waals surface area contributed by atoms with E-state index in [1.54, 1.807) is 24.6 Å². The van der Waals surface area contributed by atoms with Gasteiger partial charge in [-0.1, -0.05) is 0 Å². The zero-order chi connectivity index (χ0) is 27.8. The Hall–Kier alpha value is 1.74. The molecule has 0 saturated heterocycles. The number of rotatable bonds is 14. The van der Waals surface area contributed by atoms with Crippen molar-refractivity contribution in [2.24, 2.45) is 0 Å². The van der Waals surface area contributed by atoms with Crippen molar-refractivity contribution < 1.29 is 56.5 Å². The van der Waals surface area contributed by atoms with E-state index in [9.17, 15) is 34.5 Å². The summed E-state index contributed by atoms with van der Waals surface area (Å²) in [6, 6.07) is 0. The molecule has 0 atom stereocenters. The van der Waals surface area contributed by atoms with Gasteiger partial charge >= 0.3 is 31.0 Å². The molecular formula is C20H54B2F8NiOP4+4. The molecule has 0 aliphatic carbocycles. The van der Waals surface area contributed by atoms with Crippen LogP contribution in [0.25, 0.3) is 0 Å². The summed E-state index contributed by atoms with van der Waals surface area (Å²) >= 11 is 0. The Bertz CT molecular complexity index is 331. The minimum atomic E-state index is -6.00. The van der Waals surface area contributed by atoms with Crippen LogP contribution in [0.1, 0.15) is 55.4 Å². The van der Waals surface area contributed by atoms with Crippen LogP contribution in [0.5, 0.6) is 0 Å². The molecule has 0 heterocycles. The fourth-order valence-electron chi connectivity index (χ4n) is 3.12. The van der Waals surface area contributed by atoms with Gasteiger partial charge in [0.2, 0.25) is 0 Å². The average molecular weight is 667 g/mol. The first kappa shape index (κ1) is 50.6. The minimum Gasteiger partial charge on any atom is -0.418 e. The summed E-state index contributed by atoms with van der Waals surface area (Å²) in [6.45, 7) is 19.0. The second-order valence-corrected chi connectivity index (χ2v) is 21.5. The summed E-state index contributed by atoms with van der Waals surface area (Å²) < 4.78 is 78.0. The summed E-state index contributed by atoms with van der Waals surface area (Å²) in [5.74, 6) is 0. The molecular weight excluding hydrogens is 612 g/mol. The first-order chi connectivity index (χ1) is 15.6. The van der Waals surface area contributed by atoms with Crippen LogP contribution in [0.3, 0.4) is 0 Å². The Labute approximate surface area is 231 Å². The first-order valence-electron chi connectivity index (χ1n) is 12.6. The largest absolute Gasteiger partial charge is 2.00 e. The van der Waals surface area contributed by atoms with Crippen molar-refractivity contribution in [2.45, 2.75) is 55.4 Å². The van der Waals surface area contributed by atoms with Crippen LogP contribution in [-0.4, -0.2) is 93.9 Å². The first-order valence-corrected chi connectivity index (χ1v) is 21.1. The van der Waals surface area contributed by atoms with Gasteiger partial charge in [-0.3, -0.25) is 0 Å². The van der Waals surface area contributed by atoms with E-state index in [0.717, 1.165) is 0 Å². The van der Waals surface area contributed by atoms with Gasteiger partial charge in [-0.2, -0.15) is 0 Å². The molecule has 0 aromatic rings. The summed E-state index contributed by atoms with van der Waals surface area (Å²) in [6.07, 6.45) is 18.3. The van der Waals surface area contributed by atoms with E-state index in [1.807, 2.05) is 0 Å². The van der Waals surface area contributed by atoms with Crippen molar-refractivity contribution >= 4 is 46.2 Å². The van der Waals surface area contributed by atoms with Crippen molar-refractivity contribution in [3.05, 3.63) is 0 Å². The molecule has 1 nitrogen and oxygen atoms in total. The van der Waals surface area contributed by atoms with Crippen molar-refractivity contribution in [1.29, 1.82) is 0 Å². The maximum atomic E-state index is 9.75. The van der Waals surface area contributed by atoms with Gasteiger partial charge in [0, 0.05) is 31.7 Å².